The number of nitrogens with one attached hydrogen (secondary N) is 2. The normalized spacial score (nSPS) is 28.3. The highest BCUT2D eigenvalue weighted by atomic mass is 16.2. The van der Waals surface area contributed by atoms with Gasteiger partial charge < -0.3 is 5.32 Å². The van der Waals surface area contributed by atoms with Crippen molar-refractivity contribution in [2.24, 2.45) is 5.92 Å². The van der Waals surface area contributed by atoms with E-state index in [4.69, 9.17) is 0 Å². The number of amides is 4. The molecule has 1 aromatic rings. The summed E-state index contributed by atoms with van der Waals surface area (Å²) in [6.45, 7) is 7.94. The summed E-state index contributed by atoms with van der Waals surface area (Å²) in [5.74, 6) is -1.36. The smallest absolute Gasteiger partial charge is 0.262 e. The molecule has 3 aliphatic heterocycles. The highest BCUT2D eigenvalue weighted by Gasteiger charge is 2.44. The molecule has 0 saturated carbocycles. The van der Waals surface area contributed by atoms with Crippen LogP contribution in [0, 0.1) is 5.92 Å². The summed E-state index contributed by atoms with van der Waals surface area (Å²) in [6.07, 6.45) is 0.285. The summed E-state index contributed by atoms with van der Waals surface area (Å²) in [6, 6.07) is 4.78. The van der Waals surface area contributed by atoms with E-state index in [0.29, 0.717) is 29.6 Å². The SMILES string of the molecule is CC1CNCC(C)N(Cc2ccc3c(c2)C(=O)N(C2CCC(=O)NC2=O)C3=O)C1. The Morgan fingerprint density at radius 1 is 1.03 bits per heavy atom. The molecule has 3 unspecified atom stereocenters. The Labute approximate surface area is 169 Å². The molecule has 4 rings (SSSR count). The van der Waals surface area contributed by atoms with Gasteiger partial charge in [0.15, 0.2) is 0 Å². The van der Waals surface area contributed by atoms with Gasteiger partial charge in [-0.3, -0.25) is 34.3 Å². The fourth-order valence-electron chi connectivity index (χ4n) is 4.38. The molecule has 29 heavy (non-hydrogen) atoms. The summed E-state index contributed by atoms with van der Waals surface area (Å²) >= 11 is 0. The third-order valence-electron chi connectivity index (χ3n) is 5.99. The summed E-state index contributed by atoms with van der Waals surface area (Å²) in [5, 5.41) is 5.68. The van der Waals surface area contributed by atoms with Gasteiger partial charge in [-0.05, 0) is 43.5 Å². The van der Waals surface area contributed by atoms with E-state index in [1.54, 1.807) is 12.1 Å². The highest BCUT2D eigenvalue weighted by Crippen LogP contribution is 2.29. The second-order valence-corrected chi connectivity index (χ2v) is 8.37. The zero-order valence-electron chi connectivity index (χ0n) is 16.7. The van der Waals surface area contributed by atoms with Crippen LogP contribution in [0.2, 0.25) is 0 Å². The molecule has 1 aromatic carbocycles. The molecular weight excluding hydrogens is 372 g/mol. The van der Waals surface area contributed by atoms with Crippen molar-refractivity contribution in [3.8, 4) is 0 Å². The minimum absolute atomic E-state index is 0.119. The van der Waals surface area contributed by atoms with Crippen molar-refractivity contribution in [2.75, 3.05) is 19.6 Å². The van der Waals surface area contributed by atoms with E-state index in [1.807, 2.05) is 6.07 Å². The maximum Gasteiger partial charge on any atom is 0.262 e. The van der Waals surface area contributed by atoms with E-state index >= 15 is 0 Å². The lowest BCUT2D eigenvalue weighted by atomic mass is 10.0. The Balaban J connectivity index is 1.55. The number of fused-ring (bicyclic) bond motifs is 1. The van der Waals surface area contributed by atoms with Crippen molar-refractivity contribution < 1.29 is 19.2 Å². The Bertz CT molecular complexity index is 883. The first-order chi connectivity index (χ1) is 13.8. The summed E-state index contributed by atoms with van der Waals surface area (Å²) in [4.78, 5) is 52.7. The monoisotopic (exact) mass is 398 g/mol. The maximum absolute atomic E-state index is 13.0. The molecule has 4 amide bonds. The van der Waals surface area contributed by atoms with E-state index in [0.717, 1.165) is 30.1 Å². The standard InChI is InChI=1S/C21H26N4O4/c1-12-8-22-9-13(2)24(10-12)11-14-3-4-15-16(7-14)21(29)25(20(15)28)17-5-6-18(26)23-19(17)27/h3-4,7,12-13,17,22H,5-6,8-11H2,1-2H3,(H,23,26,27). The van der Waals surface area contributed by atoms with Gasteiger partial charge in [-0.2, -0.15) is 0 Å². The van der Waals surface area contributed by atoms with Crippen molar-refractivity contribution >= 4 is 23.6 Å². The second kappa shape index (κ2) is 7.68. The number of carbonyl (C=O) groups excluding carboxylic acids is 4. The second-order valence-electron chi connectivity index (χ2n) is 8.37. The average Bonchev–Trinajstić information content (AvgIpc) is 2.80. The van der Waals surface area contributed by atoms with Gasteiger partial charge >= 0.3 is 0 Å². The third-order valence-corrected chi connectivity index (χ3v) is 5.99. The number of piperidine rings is 1. The molecule has 3 aliphatic rings. The highest BCUT2D eigenvalue weighted by molar-refractivity contribution is 6.23. The zero-order valence-corrected chi connectivity index (χ0v) is 16.7. The van der Waals surface area contributed by atoms with Crippen molar-refractivity contribution in [1.82, 2.24) is 20.4 Å². The van der Waals surface area contributed by atoms with Crippen LogP contribution >= 0.6 is 0 Å². The largest absolute Gasteiger partial charge is 0.315 e. The van der Waals surface area contributed by atoms with Crippen LogP contribution in [0.3, 0.4) is 0 Å². The molecule has 0 bridgehead atoms. The molecule has 0 aliphatic carbocycles. The van der Waals surface area contributed by atoms with Gasteiger partial charge in [0, 0.05) is 32.1 Å². The van der Waals surface area contributed by atoms with Crippen LogP contribution in [0.5, 0.6) is 0 Å². The van der Waals surface area contributed by atoms with Gasteiger partial charge in [-0.1, -0.05) is 13.0 Å². The molecule has 2 fully saturated rings. The van der Waals surface area contributed by atoms with Crippen LogP contribution in [-0.4, -0.2) is 65.1 Å². The predicted octanol–water partition coefficient (Wildman–Crippen LogP) is 0.518. The van der Waals surface area contributed by atoms with Crippen molar-refractivity contribution in [3.05, 3.63) is 34.9 Å². The quantitative estimate of drug-likeness (QED) is 0.721. The van der Waals surface area contributed by atoms with Gasteiger partial charge in [0.05, 0.1) is 11.1 Å². The minimum Gasteiger partial charge on any atom is -0.315 e. The van der Waals surface area contributed by atoms with Gasteiger partial charge in [0.1, 0.15) is 6.04 Å². The lowest BCUT2D eigenvalue weighted by Crippen LogP contribution is -2.54. The van der Waals surface area contributed by atoms with E-state index in [-0.39, 0.29) is 18.7 Å². The number of benzene rings is 1. The first-order valence-corrected chi connectivity index (χ1v) is 10.1. The Kier molecular flexibility index (Phi) is 5.23. The molecule has 0 spiro atoms. The van der Waals surface area contributed by atoms with E-state index < -0.39 is 23.8 Å². The number of nitrogens with zero attached hydrogens (tertiary/aromatic N) is 2. The van der Waals surface area contributed by atoms with Crippen LogP contribution in [0.1, 0.15) is 53.0 Å². The molecule has 2 saturated heterocycles. The van der Waals surface area contributed by atoms with E-state index in [9.17, 15) is 19.2 Å². The van der Waals surface area contributed by atoms with E-state index in [2.05, 4.69) is 29.4 Å². The lowest BCUT2D eigenvalue weighted by Gasteiger charge is -2.28. The molecule has 0 aromatic heterocycles. The van der Waals surface area contributed by atoms with E-state index in [1.165, 1.54) is 0 Å². The van der Waals surface area contributed by atoms with Gasteiger partial charge in [0.2, 0.25) is 11.8 Å². The maximum atomic E-state index is 13.0. The number of hydrogen-bond donors (Lipinski definition) is 2. The predicted molar refractivity (Wildman–Crippen MR) is 105 cm³/mol. The van der Waals surface area contributed by atoms with Gasteiger partial charge in [-0.15, -0.1) is 0 Å². The first-order valence-electron chi connectivity index (χ1n) is 10.1. The summed E-state index contributed by atoms with van der Waals surface area (Å²) < 4.78 is 0. The topological polar surface area (TPSA) is 98.8 Å². The average molecular weight is 398 g/mol. The van der Waals surface area contributed by atoms with Crippen LogP contribution < -0.4 is 10.6 Å². The first kappa shape index (κ1) is 19.7. The van der Waals surface area contributed by atoms with Gasteiger partial charge in [0.25, 0.3) is 11.8 Å². The number of rotatable bonds is 3. The molecule has 154 valence electrons. The fourth-order valence-corrected chi connectivity index (χ4v) is 4.38. The molecule has 2 N–H and O–H groups in total. The Morgan fingerprint density at radius 2 is 1.79 bits per heavy atom. The Hall–Kier alpha value is -2.58. The molecule has 3 heterocycles. The Morgan fingerprint density at radius 3 is 2.55 bits per heavy atom. The van der Waals surface area contributed by atoms with Crippen LogP contribution in [-0.2, 0) is 16.1 Å². The molecule has 8 nitrogen and oxygen atoms in total. The number of imide groups is 2. The van der Waals surface area contributed by atoms with Crippen LogP contribution in [0.25, 0.3) is 0 Å². The van der Waals surface area contributed by atoms with Crippen LogP contribution in [0.4, 0.5) is 0 Å². The van der Waals surface area contributed by atoms with Crippen LogP contribution in [0.15, 0.2) is 18.2 Å². The lowest BCUT2D eigenvalue weighted by molar-refractivity contribution is -0.136. The number of carbonyl (C=O) groups is 4. The molecular formula is C21H26N4O4. The molecule has 8 heteroatoms. The summed E-state index contributed by atoms with van der Waals surface area (Å²) in [7, 11) is 0. The third kappa shape index (κ3) is 3.70. The molecule has 3 atom stereocenters. The fraction of sp³-hybridized carbons (Fsp3) is 0.524. The zero-order chi connectivity index (χ0) is 20.7. The number of hydrogen-bond acceptors (Lipinski definition) is 6. The van der Waals surface area contributed by atoms with Crippen molar-refractivity contribution in [3.63, 3.8) is 0 Å². The molecule has 0 radical (unpaired) electrons. The van der Waals surface area contributed by atoms with Crippen molar-refractivity contribution in [1.29, 1.82) is 0 Å². The van der Waals surface area contributed by atoms with Gasteiger partial charge in [-0.25, -0.2) is 0 Å². The minimum atomic E-state index is -0.930. The van der Waals surface area contributed by atoms with Crippen molar-refractivity contribution in [2.45, 2.75) is 45.3 Å². The summed E-state index contributed by atoms with van der Waals surface area (Å²) in [5.41, 5.74) is 1.63.